The van der Waals surface area contributed by atoms with Crippen LogP contribution in [0, 0.1) is 68.0 Å². The predicted octanol–water partition coefficient (Wildman–Crippen LogP) is 8.32. The number of ketones is 2. The summed E-state index contributed by atoms with van der Waals surface area (Å²) in [5.74, 6) is 0.961. The van der Waals surface area contributed by atoms with Crippen LogP contribution in [-0.2, 0) is 33.4 Å². The van der Waals surface area contributed by atoms with Gasteiger partial charge in [0, 0.05) is 29.6 Å². The lowest BCUT2D eigenvalue weighted by Crippen LogP contribution is -2.67. The minimum atomic E-state index is -0.871. The van der Waals surface area contributed by atoms with Crippen molar-refractivity contribution >= 4 is 29.9 Å². The van der Waals surface area contributed by atoms with Crippen LogP contribution in [0.4, 0.5) is 0 Å². The first-order valence-corrected chi connectivity index (χ1v) is 22.6. The second-order valence-corrected chi connectivity index (χ2v) is 22.9. The Morgan fingerprint density at radius 2 is 1.53 bits per heavy atom. The van der Waals surface area contributed by atoms with Crippen molar-refractivity contribution in [2.75, 3.05) is 13.1 Å². The molecule has 9 nitrogen and oxygen atoms in total. The van der Waals surface area contributed by atoms with Crippen LogP contribution in [0.1, 0.15) is 160 Å². The van der Waals surface area contributed by atoms with E-state index in [-0.39, 0.29) is 87.4 Å². The van der Waals surface area contributed by atoms with Crippen molar-refractivity contribution in [1.29, 1.82) is 0 Å². The molecule has 7 aliphatic rings. The highest BCUT2D eigenvalue weighted by Crippen LogP contribution is 2.76. The Hall–Kier alpha value is -2.55. The minimum Gasteiger partial charge on any atom is -0.464 e. The van der Waals surface area contributed by atoms with E-state index in [4.69, 9.17) is 9.47 Å². The molecule has 1 aliphatic heterocycles. The zero-order chi connectivity index (χ0) is 41.7. The summed E-state index contributed by atoms with van der Waals surface area (Å²) in [5.41, 5.74) is -0.00702. The molecule has 0 bridgehead atoms. The maximum absolute atomic E-state index is 14.4. The average Bonchev–Trinajstić information content (AvgIpc) is 3.43. The topological polar surface area (TPSA) is 128 Å². The number of fused-ring (bicyclic) bond motifs is 7. The molecule has 0 unspecified atom stereocenters. The summed E-state index contributed by atoms with van der Waals surface area (Å²) >= 11 is 0. The smallest absolute Gasteiger partial charge is 0.310 e. The van der Waals surface area contributed by atoms with Crippen molar-refractivity contribution in [3.63, 3.8) is 0 Å². The fraction of sp³-hybridized carbons (Fsp3) is 0.854. The van der Waals surface area contributed by atoms with Crippen molar-refractivity contribution in [2.24, 2.45) is 68.0 Å². The molecule has 9 heteroatoms. The number of hydrogen-bond donors (Lipinski definition) is 2. The molecule has 2 N–H and O–H groups in total. The number of amides is 1. The number of piperidine rings is 1. The van der Waals surface area contributed by atoms with Crippen molar-refractivity contribution in [3.8, 4) is 0 Å². The maximum Gasteiger partial charge on any atom is 0.310 e. The number of Topliss-reactive ketones (excluding diaryl/α,β-unsaturated/α-hetero) is 2. The van der Waals surface area contributed by atoms with Crippen LogP contribution in [-0.4, -0.2) is 60.8 Å². The van der Waals surface area contributed by atoms with Gasteiger partial charge in [0.1, 0.15) is 18.0 Å². The number of allylic oxidation sites excluding steroid dienone is 1. The van der Waals surface area contributed by atoms with Crippen LogP contribution in [0.2, 0.25) is 0 Å². The molecule has 7 rings (SSSR count). The molecule has 0 aromatic carbocycles. The number of rotatable bonds is 10. The number of ether oxygens (including phenoxy) is 2. The first-order chi connectivity index (χ1) is 26.5. The Kier molecular flexibility index (Phi) is 10.7. The lowest BCUT2D eigenvalue weighted by molar-refractivity contribution is -0.236. The summed E-state index contributed by atoms with van der Waals surface area (Å²) < 4.78 is 11.7. The van der Waals surface area contributed by atoms with E-state index in [2.05, 4.69) is 59.1 Å². The predicted molar refractivity (Wildman–Crippen MR) is 220 cm³/mol. The van der Waals surface area contributed by atoms with Crippen molar-refractivity contribution in [1.82, 2.24) is 10.6 Å². The Balaban J connectivity index is 1.12. The highest BCUT2D eigenvalue weighted by Gasteiger charge is 2.70. The van der Waals surface area contributed by atoms with Gasteiger partial charge in [-0.3, -0.25) is 24.0 Å². The molecule has 1 heterocycles. The van der Waals surface area contributed by atoms with Gasteiger partial charge in [0.25, 0.3) is 6.47 Å². The lowest BCUT2D eigenvalue weighted by atomic mass is 9.33. The average molecular weight is 791 g/mol. The summed E-state index contributed by atoms with van der Waals surface area (Å²) in [6, 6.07) is 0. The fourth-order valence-electron chi connectivity index (χ4n) is 14.9. The van der Waals surface area contributed by atoms with Crippen molar-refractivity contribution < 1.29 is 33.4 Å². The number of carbonyl (C=O) groups excluding carboxylic acids is 5. The molecular weight excluding hydrogens is 717 g/mol. The van der Waals surface area contributed by atoms with Gasteiger partial charge in [-0.15, -0.1) is 0 Å². The van der Waals surface area contributed by atoms with Crippen LogP contribution in [0.25, 0.3) is 0 Å². The van der Waals surface area contributed by atoms with E-state index < -0.39 is 16.4 Å². The summed E-state index contributed by atoms with van der Waals surface area (Å²) in [7, 11) is 0. The van der Waals surface area contributed by atoms with Crippen LogP contribution < -0.4 is 10.6 Å². The Bertz CT molecular complexity index is 1700. The van der Waals surface area contributed by atoms with Crippen molar-refractivity contribution in [2.45, 2.75) is 177 Å². The van der Waals surface area contributed by atoms with E-state index in [0.717, 1.165) is 82.9 Å². The van der Waals surface area contributed by atoms with Gasteiger partial charge in [0.2, 0.25) is 5.91 Å². The highest BCUT2D eigenvalue weighted by molar-refractivity contribution is 6.02. The standard InChI is InChI=1S/C48H74N2O7/c1-28(2)38-33(53)26-48(50-41(55)42(3,4)25-32(52)29-16-22-49-23-17-29)21-20-46(10)30(39(38)48)12-13-35-45(9)18-15-36(44(7,8)34(45)14-19-47(35,46)11)57-40(54)31-24-37(56-27-51)43(31,5)6/h27-31,34-37,49H,12-26H2,1-11H3,(H,50,55)/t30-,31-,34+,35-,36+,37-,45+,46-,47-,48-/m1/s1. The zero-order valence-corrected chi connectivity index (χ0v) is 37.2. The maximum atomic E-state index is 14.4. The fourth-order valence-corrected chi connectivity index (χ4v) is 14.9. The number of hydrogen-bond acceptors (Lipinski definition) is 8. The highest BCUT2D eigenvalue weighted by atomic mass is 16.6. The zero-order valence-electron chi connectivity index (χ0n) is 37.2. The first-order valence-electron chi connectivity index (χ1n) is 22.6. The molecule has 1 saturated heterocycles. The summed E-state index contributed by atoms with van der Waals surface area (Å²) in [6.45, 7) is 26.5. The Morgan fingerprint density at radius 3 is 2.16 bits per heavy atom. The third-order valence-corrected chi connectivity index (χ3v) is 18.7. The van der Waals surface area contributed by atoms with E-state index >= 15 is 0 Å². The van der Waals surface area contributed by atoms with E-state index in [9.17, 15) is 24.0 Å². The van der Waals surface area contributed by atoms with Crippen LogP contribution in [0.3, 0.4) is 0 Å². The van der Waals surface area contributed by atoms with Crippen LogP contribution in [0.5, 0.6) is 0 Å². The molecule has 1 amide bonds. The van der Waals surface area contributed by atoms with Crippen LogP contribution >= 0.6 is 0 Å². The molecule has 57 heavy (non-hydrogen) atoms. The van der Waals surface area contributed by atoms with Gasteiger partial charge in [-0.1, -0.05) is 76.2 Å². The molecule has 0 aromatic rings. The molecule has 318 valence electrons. The largest absolute Gasteiger partial charge is 0.464 e. The number of esters is 1. The third-order valence-electron chi connectivity index (χ3n) is 18.7. The lowest BCUT2D eigenvalue weighted by Gasteiger charge is -2.72. The van der Waals surface area contributed by atoms with Gasteiger partial charge in [0.15, 0.2) is 5.78 Å². The SMILES string of the molecule is CC(C)C1=C2[C@H]3CC[C@@H]4[C@@]5(C)CC[C@H](OC(=O)[C@H]6C[C@@H](OC=O)C6(C)C)C(C)(C)[C@@H]5CC[C@@]4(C)[C@]3(C)CC[C@@]2(NC(=O)C(C)(C)CC(=O)C2CCNCC2)CC1=O. The van der Waals surface area contributed by atoms with E-state index in [1.54, 1.807) is 0 Å². The van der Waals surface area contributed by atoms with Crippen LogP contribution in [0.15, 0.2) is 11.1 Å². The van der Waals surface area contributed by atoms with Gasteiger partial charge in [-0.25, -0.2) is 0 Å². The molecular formula is C48H74N2O7. The van der Waals surface area contributed by atoms with Gasteiger partial charge >= 0.3 is 5.97 Å². The molecule has 0 spiro atoms. The molecule has 6 fully saturated rings. The molecule has 10 atom stereocenters. The Labute approximate surface area is 342 Å². The first kappa shape index (κ1) is 42.6. The summed E-state index contributed by atoms with van der Waals surface area (Å²) in [5, 5.41) is 6.90. The summed E-state index contributed by atoms with van der Waals surface area (Å²) in [4.78, 5) is 66.8. The van der Waals surface area contributed by atoms with E-state index in [1.165, 1.54) is 5.57 Å². The molecule has 0 aromatic heterocycles. The number of carbonyl (C=O) groups is 5. The van der Waals surface area contributed by atoms with Gasteiger partial charge < -0.3 is 20.1 Å². The molecule has 0 radical (unpaired) electrons. The monoisotopic (exact) mass is 791 g/mol. The van der Waals surface area contributed by atoms with Gasteiger partial charge in [-0.2, -0.15) is 0 Å². The molecule has 5 saturated carbocycles. The third kappa shape index (κ3) is 6.42. The second-order valence-electron chi connectivity index (χ2n) is 22.9. The summed E-state index contributed by atoms with van der Waals surface area (Å²) in [6.07, 6.45) is 10.0. The van der Waals surface area contributed by atoms with Gasteiger partial charge in [0.05, 0.1) is 16.9 Å². The molecule has 6 aliphatic carbocycles. The Morgan fingerprint density at radius 1 is 0.842 bits per heavy atom. The van der Waals surface area contributed by atoms with E-state index in [0.29, 0.717) is 31.1 Å². The second kappa shape index (κ2) is 14.3. The quantitative estimate of drug-likeness (QED) is 0.167. The van der Waals surface area contributed by atoms with Gasteiger partial charge in [-0.05, 0) is 135 Å². The number of nitrogens with one attached hydrogen (secondary N) is 2. The minimum absolute atomic E-state index is 0.00443. The normalized spacial score (nSPS) is 41.2. The van der Waals surface area contributed by atoms with E-state index in [1.807, 2.05) is 27.7 Å². The van der Waals surface area contributed by atoms with Crippen molar-refractivity contribution in [3.05, 3.63) is 11.1 Å².